The molecule has 0 bridgehead atoms. The number of aromatic nitrogens is 4. The summed E-state index contributed by atoms with van der Waals surface area (Å²) in [6, 6.07) is 17.7. The third-order valence-electron chi connectivity index (χ3n) is 6.16. The predicted molar refractivity (Wildman–Crippen MR) is 126 cm³/mol. The van der Waals surface area contributed by atoms with Crippen LogP contribution in [0.25, 0.3) is 10.9 Å². The number of aromatic amines is 1. The maximum Gasteiger partial charge on any atom is 0.251 e. The quantitative estimate of drug-likeness (QED) is 0.458. The Morgan fingerprint density at radius 3 is 2.76 bits per heavy atom. The summed E-state index contributed by atoms with van der Waals surface area (Å²) in [4.78, 5) is 18.4. The molecule has 0 atom stereocenters. The van der Waals surface area contributed by atoms with E-state index in [-0.39, 0.29) is 5.91 Å². The van der Waals surface area contributed by atoms with Crippen LogP contribution in [0.3, 0.4) is 0 Å². The molecule has 8 nitrogen and oxygen atoms in total. The summed E-state index contributed by atoms with van der Waals surface area (Å²) in [6.07, 6.45) is 1.52. The van der Waals surface area contributed by atoms with Crippen LogP contribution in [0.4, 0.5) is 0 Å². The molecule has 1 amide bonds. The average Bonchev–Trinajstić information content (AvgIpc) is 3.37. The molecule has 2 N–H and O–H groups in total. The number of H-pyrrole nitrogens is 1. The largest absolute Gasteiger partial charge is 0.497 e. The number of carbonyl (C=O) groups excluding carboxylic acids is 1. The van der Waals surface area contributed by atoms with Gasteiger partial charge in [-0.2, -0.15) is 0 Å². The minimum Gasteiger partial charge on any atom is -0.497 e. The summed E-state index contributed by atoms with van der Waals surface area (Å²) < 4.78 is 7.35. The van der Waals surface area contributed by atoms with Crippen molar-refractivity contribution in [3.63, 3.8) is 0 Å². The topological polar surface area (TPSA) is 88.1 Å². The molecular weight excluding hydrogens is 416 g/mol. The van der Waals surface area contributed by atoms with E-state index in [0.717, 1.165) is 50.0 Å². The lowest BCUT2D eigenvalue weighted by Gasteiger charge is -2.18. The molecule has 0 radical (unpaired) electrons. The van der Waals surface area contributed by atoms with Crippen molar-refractivity contribution in [3.8, 4) is 5.75 Å². The molecule has 33 heavy (non-hydrogen) atoms. The number of hydrogen-bond donors (Lipinski definition) is 2. The molecule has 0 unspecified atom stereocenters. The first kappa shape index (κ1) is 21.2. The maximum atomic E-state index is 12.4. The highest BCUT2D eigenvalue weighted by atomic mass is 16.5. The Morgan fingerprint density at radius 1 is 1.09 bits per heavy atom. The lowest BCUT2D eigenvalue weighted by atomic mass is 10.2. The van der Waals surface area contributed by atoms with Crippen LogP contribution >= 0.6 is 0 Å². The van der Waals surface area contributed by atoms with Gasteiger partial charge in [0.2, 0.25) is 0 Å². The Hall–Kier alpha value is -3.65. The Morgan fingerprint density at radius 2 is 1.94 bits per heavy atom. The number of hydrogen-bond acceptors (Lipinski definition) is 5. The molecule has 0 fully saturated rings. The van der Waals surface area contributed by atoms with Crippen molar-refractivity contribution in [1.82, 2.24) is 30.0 Å². The third-order valence-corrected chi connectivity index (χ3v) is 6.16. The molecule has 1 aliphatic heterocycles. The van der Waals surface area contributed by atoms with Crippen molar-refractivity contribution in [2.75, 3.05) is 26.7 Å². The number of ether oxygens (including phenoxy) is 1. The molecule has 8 heteroatoms. The zero-order valence-corrected chi connectivity index (χ0v) is 18.8. The van der Waals surface area contributed by atoms with Crippen LogP contribution in [-0.2, 0) is 25.9 Å². The average molecular weight is 445 g/mol. The molecule has 0 saturated heterocycles. The first-order valence-corrected chi connectivity index (χ1v) is 11.3. The fourth-order valence-electron chi connectivity index (χ4n) is 4.36. The molecule has 1 aliphatic rings. The van der Waals surface area contributed by atoms with E-state index in [0.29, 0.717) is 18.5 Å². The summed E-state index contributed by atoms with van der Waals surface area (Å²) >= 11 is 0. The normalized spacial score (nSPS) is 14.1. The van der Waals surface area contributed by atoms with Crippen molar-refractivity contribution < 1.29 is 9.53 Å². The fraction of sp³-hybridized carbons (Fsp3) is 0.320. The molecule has 4 aromatic rings. The number of rotatable bonds is 7. The van der Waals surface area contributed by atoms with Gasteiger partial charge >= 0.3 is 0 Å². The van der Waals surface area contributed by atoms with Gasteiger partial charge < -0.3 is 19.6 Å². The lowest BCUT2D eigenvalue weighted by Crippen LogP contribution is -2.28. The van der Waals surface area contributed by atoms with Gasteiger partial charge in [-0.25, -0.2) is 0 Å². The van der Waals surface area contributed by atoms with Gasteiger partial charge in [-0.1, -0.05) is 18.2 Å². The zero-order valence-electron chi connectivity index (χ0n) is 18.8. The van der Waals surface area contributed by atoms with E-state index < -0.39 is 0 Å². The second-order valence-corrected chi connectivity index (χ2v) is 8.33. The SMILES string of the molecule is COc1ccc(C(=O)NCCc2nnc3n2CCN(Cc2cc4ccccc4[nH]2)CC3)cc1. The Kier molecular flexibility index (Phi) is 6.08. The molecule has 2 aromatic heterocycles. The second-order valence-electron chi connectivity index (χ2n) is 8.33. The summed E-state index contributed by atoms with van der Waals surface area (Å²) in [5, 5.41) is 13.0. The molecule has 170 valence electrons. The summed E-state index contributed by atoms with van der Waals surface area (Å²) in [5.41, 5.74) is 3.03. The summed E-state index contributed by atoms with van der Waals surface area (Å²) in [5.74, 6) is 2.58. The maximum absolute atomic E-state index is 12.4. The number of methoxy groups -OCH3 is 1. The highest BCUT2D eigenvalue weighted by Crippen LogP contribution is 2.18. The van der Waals surface area contributed by atoms with Crippen LogP contribution in [0, 0.1) is 0 Å². The smallest absolute Gasteiger partial charge is 0.251 e. The van der Waals surface area contributed by atoms with E-state index in [1.165, 1.54) is 16.6 Å². The van der Waals surface area contributed by atoms with Crippen LogP contribution in [0.1, 0.15) is 27.7 Å². The summed E-state index contributed by atoms with van der Waals surface area (Å²) in [7, 11) is 1.61. The first-order chi connectivity index (χ1) is 16.2. The van der Waals surface area contributed by atoms with E-state index in [2.05, 4.69) is 60.3 Å². The monoisotopic (exact) mass is 444 g/mol. The van der Waals surface area contributed by atoms with Gasteiger partial charge in [0.15, 0.2) is 0 Å². The first-order valence-electron chi connectivity index (χ1n) is 11.3. The molecule has 5 rings (SSSR count). The standard InChI is InChI=1S/C25H28N6O2/c1-33-21-8-6-18(7-9-21)25(32)26-12-10-23-28-29-24-11-13-30(14-15-31(23)24)17-20-16-19-4-2-3-5-22(19)27-20/h2-9,16,27H,10-15,17H2,1H3,(H,26,32). The van der Waals surface area contributed by atoms with E-state index >= 15 is 0 Å². The molecule has 0 aliphatic carbocycles. The van der Waals surface area contributed by atoms with Crippen molar-refractivity contribution in [1.29, 1.82) is 0 Å². The van der Waals surface area contributed by atoms with Crippen LogP contribution < -0.4 is 10.1 Å². The molecule has 0 saturated carbocycles. The number of nitrogens with one attached hydrogen (secondary N) is 2. The van der Waals surface area contributed by atoms with Crippen molar-refractivity contribution in [2.24, 2.45) is 0 Å². The highest BCUT2D eigenvalue weighted by molar-refractivity contribution is 5.94. The fourth-order valence-corrected chi connectivity index (χ4v) is 4.36. The van der Waals surface area contributed by atoms with Gasteiger partial charge in [-0.05, 0) is 41.8 Å². The molecule has 2 aromatic carbocycles. The minimum absolute atomic E-state index is 0.0993. The van der Waals surface area contributed by atoms with E-state index in [4.69, 9.17) is 4.74 Å². The van der Waals surface area contributed by atoms with Crippen LogP contribution in [0.5, 0.6) is 5.75 Å². The third kappa shape index (κ3) is 4.75. The van der Waals surface area contributed by atoms with Crippen LogP contribution in [0.2, 0.25) is 0 Å². The number of benzene rings is 2. The number of fused-ring (bicyclic) bond motifs is 2. The molecular formula is C25H28N6O2. The number of para-hydroxylation sites is 1. The van der Waals surface area contributed by atoms with Gasteiger partial charge in [0, 0.05) is 62.3 Å². The van der Waals surface area contributed by atoms with Crippen molar-refractivity contribution in [2.45, 2.75) is 25.9 Å². The van der Waals surface area contributed by atoms with Gasteiger partial charge in [0.25, 0.3) is 5.91 Å². The lowest BCUT2D eigenvalue weighted by molar-refractivity contribution is 0.0954. The summed E-state index contributed by atoms with van der Waals surface area (Å²) in [6.45, 7) is 4.14. The Balaban J connectivity index is 1.15. The number of nitrogens with zero attached hydrogens (tertiary/aromatic N) is 4. The second kappa shape index (κ2) is 9.46. The minimum atomic E-state index is -0.0993. The van der Waals surface area contributed by atoms with Crippen LogP contribution in [0.15, 0.2) is 54.6 Å². The van der Waals surface area contributed by atoms with Gasteiger partial charge in [-0.3, -0.25) is 9.69 Å². The van der Waals surface area contributed by atoms with Crippen molar-refractivity contribution >= 4 is 16.8 Å². The van der Waals surface area contributed by atoms with E-state index in [1.807, 2.05) is 0 Å². The zero-order chi connectivity index (χ0) is 22.6. The molecule has 3 heterocycles. The molecule has 0 spiro atoms. The van der Waals surface area contributed by atoms with Crippen molar-refractivity contribution in [3.05, 3.63) is 77.5 Å². The highest BCUT2D eigenvalue weighted by Gasteiger charge is 2.19. The van der Waals surface area contributed by atoms with E-state index in [1.54, 1.807) is 31.4 Å². The van der Waals surface area contributed by atoms with Gasteiger partial charge in [-0.15, -0.1) is 10.2 Å². The number of carbonyl (C=O) groups is 1. The van der Waals surface area contributed by atoms with Crippen LogP contribution in [-0.4, -0.2) is 57.3 Å². The Bertz CT molecular complexity index is 1210. The number of amides is 1. The van der Waals surface area contributed by atoms with Gasteiger partial charge in [0.05, 0.1) is 7.11 Å². The Labute approximate surface area is 192 Å². The van der Waals surface area contributed by atoms with E-state index in [9.17, 15) is 4.79 Å². The predicted octanol–water partition coefficient (Wildman–Crippen LogP) is 2.80. The van der Waals surface area contributed by atoms with Gasteiger partial charge in [0.1, 0.15) is 17.4 Å².